The molecule has 1 aromatic rings. The van der Waals surface area contributed by atoms with Crippen LogP contribution < -0.4 is 0 Å². The fourth-order valence-corrected chi connectivity index (χ4v) is 1.14. The Morgan fingerprint density at radius 1 is 1.58 bits per heavy atom. The van der Waals surface area contributed by atoms with Crippen molar-refractivity contribution in [3.05, 3.63) is 17.8 Å². The molecular formula is C9H13NO2. The zero-order chi connectivity index (χ0) is 8.77. The number of aromatic nitrogens is 1. The van der Waals surface area contributed by atoms with E-state index in [9.17, 15) is 5.11 Å². The normalized spacial score (nSPS) is 20.0. The van der Waals surface area contributed by atoms with Crippen molar-refractivity contribution in [2.75, 3.05) is 0 Å². The van der Waals surface area contributed by atoms with Crippen LogP contribution >= 0.6 is 0 Å². The zero-order valence-corrected chi connectivity index (χ0v) is 7.37. The molecule has 0 bridgehead atoms. The third-order valence-corrected chi connectivity index (χ3v) is 2.22. The van der Waals surface area contributed by atoms with Crippen LogP contribution in [0.4, 0.5) is 0 Å². The van der Waals surface area contributed by atoms with Gasteiger partial charge in [-0.2, -0.15) is 0 Å². The lowest BCUT2D eigenvalue weighted by Crippen LogP contribution is -2.04. The summed E-state index contributed by atoms with van der Waals surface area (Å²) in [6.45, 7) is 4.04. The van der Waals surface area contributed by atoms with Gasteiger partial charge in [0.25, 0.3) is 0 Å². The molecule has 1 heterocycles. The summed E-state index contributed by atoms with van der Waals surface area (Å²) in [6, 6.07) is 0. The molecule has 0 aliphatic heterocycles. The number of oxazole rings is 1. The van der Waals surface area contributed by atoms with Crippen molar-refractivity contribution in [2.45, 2.75) is 38.2 Å². The van der Waals surface area contributed by atoms with E-state index >= 15 is 0 Å². The maximum Gasteiger partial charge on any atom is 0.196 e. The van der Waals surface area contributed by atoms with Gasteiger partial charge in [-0.25, -0.2) is 4.98 Å². The van der Waals surface area contributed by atoms with E-state index in [0.717, 1.165) is 12.8 Å². The molecule has 2 rings (SSSR count). The summed E-state index contributed by atoms with van der Waals surface area (Å²) in [4.78, 5) is 4.23. The van der Waals surface area contributed by atoms with Crippen LogP contribution in [0, 0.1) is 0 Å². The van der Waals surface area contributed by atoms with Crippen molar-refractivity contribution in [2.24, 2.45) is 0 Å². The summed E-state index contributed by atoms with van der Waals surface area (Å²) >= 11 is 0. The van der Waals surface area contributed by atoms with Gasteiger partial charge in [-0.05, 0) is 12.8 Å². The highest BCUT2D eigenvalue weighted by Gasteiger charge is 2.44. The average Bonchev–Trinajstić information content (AvgIpc) is 2.61. The molecule has 1 fully saturated rings. The van der Waals surface area contributed by atoms with E-state index in [0.29, 0.717) is 17.5 Å². The van der Waals surface area contributed by atoms with Gasteiger partial charge in [0.2, 0.25) is 0 Å². The summed E-state index contributed by atoms with van der Waals surface area (Å²) in [6.07, 6.45) is 3.20. The molecule has 0 amide bonds. The lowest BCUT2D eigenvalue weighted by atomic mass is 10.2. The largest absolute Gasteiger partial charge is 0.448 e. The molecule has 0 unspecified atom stereocenters. The molecule has 1 N–H and O–H groups in total. The Kier molecular flexibility index (Phi) is 1.51. The average molecular weight is 167 g/mol. The third-order valence-electron chi connectivity index (χ3n) is 2.22. The number of hydrogen-bond acceptors (Lipinski definition) is 3. The first-order valence-corrected chi connectivity index (χ1v) is 4.30. The monoisotopic (exact) mass is 167 g/mol. The molecule has 1 aromatic heterocycles. The molecule has 3 nitrogen and oxygen atoms in total. The van der Waals surface area contributed by atoms with E-state index in [2.05, 4.69) is 4.98 Å². The number of aliphatic hydroxyl groups is 1. The van der Waals surface area contributed by atoms with Crippen LogP contribution in [0.1, 0.15) is 44.2 Å². The summed E-state index contributed by atoms with van der Waals surface area (Å²) in [7, 11) is 0. The van der Waals surface area contributed by atoms with E-state index in [4.69, 9.17) is 4.42 Å². The van der Waals surface area contributed by atoms with Gasteiger partial charge in [0.05, 0.1) is 0 Å². The van der Waals surface area contributed by atoms with E-state index in [1.807, 2.05) is 13.8 Å². The van der Waals surface area contributed by atoms with Gasteiger partial charge in [0.15, 0.2) is 5.89 Å². The first-order valence-electron chi connectivity index (χ1n) is 4.30. The Bertz CT molecular complexity index is 286. The van der Waals surface area contributed by atoms with Gasteiger partial charge in [-0.1, -0.05) is 13.8 Å². The second-order valence-electron chi connectivity index (χ2n) is 3.76. The lowest BCUT2D eigenvalue weighted by Gasteiger charge is -1.99. The van der Waals surface area contributed by atoms with Crippen LogP contribution in [-0.4, -0.2) is 10.1 Å². The quantitative estimate of drug-likeness (QED) is 0.730. The Morgan fingerprint density at radius 2 is 2.25 bits per heavy atom. The van der Waals surface area contributed by atoms with Crippen LogP contribution in [0.25, 0.3) is 0 Å². The Balaban J connectivity index is 2.25. The Labute approximate surface area is 71.4 Å². The summed E-state index contributed by atoms with van der Waals surface area (Å²) < 4.78 is 5.22. The molecule has 12 heavy (non-hydrogen) atoms. The molecule has 0 radical (unpaired) electrons. The topological polar surface area (TPSA) is 46.3 Å². The second kappa shape index (κ2) is 2.33. The fraction of sp³-hybridized carbons (Fsp3) is 0.667. The first kappa shape index (κ1) is 7.80. The maximum atomic E-state index is 9.67. The lowest BCUT2D eigenvalue weighted by molar-refractivity contribution is 0.146. The third kappa shape index (κ3) is 1.14. The van der Waals surface area contributed by atoms with Gasteiger partial charge >= 0.3 is 0 Å². The smallest absolute Gasteiger partial charge is 0.196 e. The van der Waals surface area contributed by atoms with Crippen LogP contribution in [-0.2, 0) is 5.60 Å². The highest BCUT2D eigenvalue weighted by atomic mass is 16.3. The van der Waals surface area contributed by atoms with Gasteiger partial charge in [-0.15, -0.1) is 0 Å². The van der Waals surface area contributed by atoms with E-state index in [1.54, 1.807) is 6.26 Å². The number of hydrogen-bond donors (Lipinski definition) is 1. The van der Waals surface area contributed by atoms with Crippen LogP contribution in [0.15, 0.2) is 10.7 Å². The minimum atomic E-state index is -0.656. The highest BCUT2D eigenvalue weighted by molar-refractivity contribution is 5.16. The predicted octanol–water partition coefficient (Wildman–Crippen LogP) is 1.78. The molecule has 1 aliphatic carbocycles. The molecule has 3 heteroatoms. The molecule has 0 spiro atoms. The van der Waals surface area contributed by atoms with Crippen LogP contribution in [0.3, 0.4) is 0 Å². The molecule has 1 saturated carbocycles. The van der Waals surface area contributed by atoms with Gasteiger partial charge < -0.3 is 9.52 Å². The number of nitrogens with zero attached hydrogens (tertiary/aromatic N) is 1. The van der Waals surface area contributed by atoms with Crippen molar-refractivity contribution < 1.29 is 9.52 Å². The number of rotatable bonds is 2. The van der Waals surface area contributed by atoms with Crippen LogP contribution in [0.5, 0.6) is 0 Å². The van der Waals surface area contributed by atoms with Gasteiger partial charge in [-0.3, -0.25) is 0 Å². The van der Waals surface area contributed by atoms with Crippen LogP contribution in [0.2, 0.25) is 0 Å². The van der Waals surface area contributed by atoms with Gasteiger partial charge in [0.1, 0.15) is 17.6 Å². The maximum absolute atomic E-state index is 9.67. The molecule has 0 atom stereocenters. The molecule has 1 aliphatic rings. The van der Waals surface area contributed by atoms with E-state index < -0.39 is 5.60 Å². The van der Waals surface area contributed by atoms with Crippen molar-refractivity contribution in [1.29, 1.82) is 0 Å². The zero-order valence-electron chi connectivity index (χ0n) is 7.37. The van der Waals surface area contributed by atoms with Crippen molar-refractivity contribution in [1.82, 2.24) is 4.98 Å². The molecule has 0 aromatic carbocycles. The predicted molar refractivity (Wildman–Crippen MR) is 43.7 cm³/mol. The SMILES string of the molecule is CC(C)c1nc(C2(O)CC2)co1. The molecule has 66 valence electrons. The minimum absolute atomic E-state index is 0.293. The highest BCUT2D eigenvalue weighted by Crippen LogP contribution is 2.44. The standard InChI is InChI=1S/C9H13NO2/c1-6(2)8-10-7(5-12-8)9(11)3-4-9/h5-6,11H,3-4H2,1-2H3. The Morgan fingerprint density at radius 3 is 2.67 bits per heavy atom. The molecule has 0 saturated heterocycles. The van der Waals surface area contributed by atoms with Gasteiger partial charge in [0, 0.05) is 5.92 Å². The first-order chi connectivity index (χ1) is 5.62. The van der Waals surface area contributed by atoms with Crippen molar-refractivity contribution in [3.8, 4) is 0 Å². The second-order valence-corrected chi connectivity index (χ2v) is 3.76. The molecular weight excluding hydrogens is 154 g/mol. The Hall–Kier alpha value is -0.830. The van der Waals surface area contributed by atoms with E-state index in [-0.39, 0.29) is 0 Å². The summed E-state index contributed by atoms with van der Waals surface area (Å²) in [5, 5.41) is 9.67. The minimum Gasteiger partial charge on any atom is -0.448 e. The van der Waals surface area contributed by atoms with Crippen molar-refractivity contribution in [3.63, 3.8) is 0 Å². The fourth-order valence-electron chi connectivity index (χ4n) is 1.14. The summed E-state index contributed by atoms with van der Waals surface area (Å²) in [5.74, 6) is 1.01. The summed E-state index contributed by atoms with van der Waals surface area (Å²) in [5.41, 5.74) is 0.0441. The van der Waals surface area contributed by atoms with E-state index in [1.165, 1.54) is 0 Å². The van der Waals surface area contributed by atoms with Crippen molar-refractivity contribution >= 4 is 0 Å².